The zero-order chi connectivity index (χ0) is 28.9. The molecule has 2 atom stereocenters. The lowest BCUT2D eigenvalue weighted by Gasteiger charge is -2.45. The van der Waals surface area contributed by atoms with Gasteiger partial charge < -0.3 is 28.9 Å². The van der Waals surface area contributed by atoms with Crippen LogP contribution in [0.2, 0.25) is 0 Å². The fourth-order valence-corrected chi connectivity index (χ4v) is 5.41. The fraction of sp³-hybridized carbons (Fsp3) is 0.500. The van der Waals surface area contributed by atoms with Gasteiger partial charge in [-0.05, 0) is 31.4 Å². The van der Waals surface area contributed by atoms with E-state index in [0.717, 1.165) is 30.2 Å². The summed E-state index contributed by atoms with van der Waals surface area (Å²) in [6.45, 7) is 11.2. The minimum atomic E-state index is -0.615. The Balaban J connectivity index is 1.69. The number of aromatic nitrogens is 1. The predicted molar refractivity (Wildman–Crippen MR) is 150 cm³/mol. The molecule has 1 saturated carbocycles. The average Bonchev–Trinajstić information content (AvgIpc) is 3.78. The molecule has 0 bridgehead atoms. The van der Waals surface area contributed by atoms with Crippen LogP contribution in [0.25, 0.3) is 11.3 Å². The van der Waals surface area contributed by atoms with Crippen LogP contribution in [0.1, 0.15) is 43.5 Å². The molecule has 8 nitrogen and oxygen atoms in total. The van der Waals surface area contributed by atoms with Crippen LogP contribution in [0.3, 0.4) is 0 Å². The summed E-state index contributed by atoms with van der Waals surface area (Å²) in [5, 5.41) is 3.82. The summed E-state index contributed by atoms with van der Waals surface area (Å²) in [5.74, 6) is -0.586. The lowest BCUT2D eigenvalue weighted by Crippen LogP contribution is -2.47. The normalized spacial score (nSPS) is 20.5. The third-order valence-electron chi connectivity index (χ3n) is 7.53. The molecule has 2 aromatic rings. The van der Waals surface area contributed by atoms with Gasteiger partial charge >= 0.3 is 0 Å². The van der Waals surface area contributed by atoms with Crippen molar-refractivity contribution < 1.29 is 27.8 Å². The Morgan fingerprint density at radius 2 is 2.02 bits per heavy atom. The molecule has 1 fully saturated rings. The summed E-state index contributed by atoms with van der Waals surface area (Å²) in [7, 11) is 5.08. The quantitative estimate of drug-likeness (QED) is 0.284. The van der Waals surface area contributed by atoms with Crippen LogP contribution in [-0.2, 0) is 27.4 Å². The lowest BCUT2D eigenvalue weighted by atomic mass is 9.72. The second kappa shape index (κ2) is 13.1. The van der Waals surface area contributed by atoms with E-state index < -0.39 is 17.0 Å². The van der Waals surface area contributed by atoms with Gasteiger partial charge in [0.1, 0.15) is 17.0 Å². The lowest BCUT2D eigenvalue weighted by molar-refractivity contribution is -0.0445. The minimum Gasteiger partial charge on any atom is -0.492 e. The van der Waals surface area contributed by atoms with Crippen molar-refractivity contribution in [2.75, 3.05) is 47.6 Å². The highest BCUT2D eigenvalue weighted by Gasteiger charge is 2.48. The zero-order valence-electron chi connectivity index (χ0n) is 24.0. The maximum atomic E-state index is 14.2. The van der Waals surface area contributed by atoms with Crippen molar-refractivity contribution in [2.45, 2.75) is 45.9 Å². The molecule has 4 rings (SSSR count). The summed E-state index contributed by atoms with van der Waals surface area (Å²) in [4.78, 5) is 9.80. The highest BCUT2D eigenvalue weighted by Crippen LogP contribution is 2.52. The molecular weight excluding hydrogens is 518 g/mol. The molecular formula is C30H40F2N4O4. The average molecular weight is 559 g/mol. The number of allylic oxidation sites excluding steroid dienone is 1. The molecule has 218 valence electrons. The number of benzene rings is 1. The first-order valence-corrected chi connectivity index (χ1v) is 13.6. The Kier molecular flexibility index (Phi) is 9.78. The van der Waals surface area contributed by atoms with Crippen LogP contribution >= 0.6 is 0 Å². The standard InChI is InChI=1S/C30H40F2N4O4/c1-7-40-35-12-13-39-18-30(3)25(37-5)17-36-16-23(19(2)34-15-21-10-11-22(31)14-24(21)32)27(33-4)29(38-6)28(36)26(30)20-8-9-20/h10-11,14,16,25,34-35H,2,7-9,12-13,15,17-18H2,1,3-6H3. The molecule has 0 saturated heterocycles. The third kappa shape index (κ3) is 6.15. The highest BCUT2D eigenvalue weighted by atomic mass is 19.1. The van der Waals surface area contributed by atoms with Gasteiger partial charge in [-0.15, -0.1) is 0 Å². The Morgan fingerprint density at radius 1 is 1.25 bits per heavy atom. The zero-order valence-corrected chi connectivity index (χ0v) is 24.0. The molecule has 1 aliphatic carbocycles. The number of fused-ring (bicyclic) bond motifs is 1. The van der Waals surface area contributed by atoms with Gasteiger partial charge in [0.25, 0.3) is 0 Å². The minimum absolute atomic E-state index is 0.141. The van der Waals surface area contributed by atoms with E-state index >= 15 is 0 Å². The maximum Gasteiger partial charge on any atom is 0.168 e. The van der Waals surface area contributed by atoms with Crippen LogP contribution < -0.4 is 20.9 Å². The monoisotopic (exact) mass is 558 g/mol. The van der Waals surface area contributed by atoms with Gasteiger partial charge in [-0.25, -0.2) is 14.3 Å². The smallest absolute Gasteiger partial charge is 0.168 e. The fourth-order valence-electron chi connectivity index (χ4n) is 5.41. The number of hydrogen-bond acceptors (Lipinski definition) is 7. The molecule has 2 unspecified atom stereocenters. The molecule has 0 spiro atoms. The Bertz CT molecular complexity index is 1330. The molecule has 10 heteroatoms. The maximum absolute atomic E-state index is 14.2. The first-order valence-electron chi connectivity index (χ1n) is 13.6. The van der Waals surface area contributed by atoms with Crippen molar-refractivity contribution in [3.63, 3.8) is 0 Å². The predicted octanol–water partition coefficient (Wildman–Crippen LogP) is 4.21. The van der Waals surface area contributed by atoms with Gasteiger partial charge in [0.15, 0.2) is 5.75 Å². The number of methoxy groups -OCH3 is 2. The summed E-state index contributed by atoms with van der Waals surface area (Å²) in [6.07, 6.45) is 3.85. The molecule has 2 aliphatic rings. The van der Waals surface area contributed by atoms with Crippen LogP contribution in [0.15, 0.2) is 41.5 Å². The molecule has 1 aliphatic heterocycles. The number of rotatable bonds is 13. The summed E-state index contributed by atoms with van der Waals surface area (Å²) in [6, 6.07) is 3.53. The van der Waals surface area contributed by atoms with Crippen molar-refractivity contribution in [1.82, 2.24) is 15.4 Å². The van der Waals surface area contributed by atoms with Gasteiger partial charge in [-0.2, -0.15) is 0 Å². The van der Waals surface area contributed by atoms with E-state index in [9.17, 15) is 8.78 Å². The molecule has 1 aromatic carbocycles. The number of pyridine rings is 1. The second-order valence-electron chi connectivity index (χ2n) is 10.2. The van der Waals surface area contributed by atoms with Gasteiger partial charge in [0, 0.05) is 68.3 Å². The molecule has 0 amide bonds. The van der Waals surface area contributed by atoms with Crippen molar-refractivity contribution in [3.05, 3.63) is 70.4 Å². The van der Waals surface area contributed by atoms with E-state index in [1.54, 1.807) is 21.3 Å². The molecule has 1 aromatic heterocycles. The SMILES string of the molecule is C=C(NCc1ccc(F)cc1F)c1cn2c(c(OC)c1=NC)C(=C1CC1)C(C)(COCCNOCC)C(OC)C2. The van der Waals surface area contributed by atoms with E-state index in [0.29, 0.717) is 55.3 Å². The number of halogens is 2. The van der Waals surface area contributed by atoms with Crippen LogP contribution in [0.4, 0.5) is 8.78 Å². The van der Waals surface area contributed by atoms with E-state index in [1.807, 2.05) is 13.1 Å². The van der Waals surface area contributed by atoms with E-state index in [4.69, 9.17) is 19.0 Å². The van der Waals surface area contributed by atoms with Gasteiger partial charge in [-0.3, -0.25) is 4.99 Å². The molecule has 40 heavy (non-hydrogen) atoms. The molecule has 2 N–H and O–H groups in total. The third-order valence-corrected chi connectivity index (χ3v) is 7.53. The van der Waals surface area contributed by atoms with E-state index in [2.05, 4.69) is 33.9 Å². The van der Waals surface area contributed by atoms with Gasteiger partial charge in [0.2, 0.25) is 0 Å². The summed E-state index contributed by atoms with van der Waals surface area (Å²) >= 11 is 0. The molecule has 2 heterocycles. The largest absolute Gasteiger partial charge is 0.492 e. The Labute approximate surface area is 234 Å². The number of hydroxylamine groups is 1. The number of nitrogens with zero attached hydrogens (tertiary/aromatic N) is 2. The van der Waals surface area contributed by atoms with Crippen molar-refractivity contribution in [1.29, 1.82) is 0 Å². The molecule has 0 radical (unpaired) electrons. The second-order valence-corrected chi connectivity index (χ2v) is 10.2. The Morgan fingerprint density at radius 3 is 2.65 bits per heavy atom. The van der Waals surface area contributed by atoms with Gasteiger partial charge in [-0.1, -0.05) is 25.1 Å². The van der Waals surface area contributed by atoms with E-state index in [-0.39, 0.29) is 12.6 Å². The summed E-state index contributed by atoms with van der Waals surface area (Å²) in [5.41, 5.74) is 7.57. The summed E-state index contributed by atoms with van der Waals surface area (Å²) < 4.78 is 48.0. The number of hydrogen-bond donors (Lipinski definition) is 2. The first kappa shape index (κ1) is 29.9. The van der Waals surface area contributed by atoms with Crippen molar-refractivity contribution in [3.8, 4) is 5.75 Å². The van der Waals surface area contributed by atoms with Crippen LogP contribution in [-0.4, -0.2) is 58.3 Å². The first-order chi connectivity index (χ1) is 19.3. The van der Waals surface area contributed by atoms with Crippen molar-refractivity contribution in [2.24, 2.45) is 10.4 Å². The van der Waals surface area contributed by atoms with Crippen LogP contribution in [0, 0.1) is 17.0 Å². The van der Waals surface area contributed by atoms with E-state index in [1.165, 1.54) is 23.3 Å². The number of nitrogens with one attached hydrogen (secondary N) is 2. The van der Waals surface area contributed by atoms with Crippen molar-refractivity contribution >= 4 is 11.3 Å². The number of ether oxygens (including phenoxy) is 3. The topological polar surface area (TPSA) is 78.3 Å². The van der Waals surface area contributed by atoms with Gasteiger partial charge in [0.05, 0.1) is 38.7 Å². The highest BCUT2D eigenvalue weighted by molar-refractivity contribution is 5.80. The van der Waals surface area contributed by atoms with Crippen LogP contribution in [0.5, 0.6) is 5.75 Å². The Hall–Kier alpha value is -3.05.